The van der Waals surface area contributed by atoms with Crippen LogP contribution in [0.2, 0.25) is 0 Å². The van der Waals surface area contributed by atoms with Crippen LogP contribution in [-0.4, -0.2) is 18.2 Å². The first kappa shape index (κ1) is 14.5. The number of nitrogens with zero attached hydrogens (tertiary/aromatic N) is 1. The van der Waals surface area contributed by atoms with Gasteiger partial charge in [0.2, 0.25) is 0 Å². The Balaban J connectivity index is 1.97. The predicted molar refractivity (Wildman–Crippen MR) is 77.4 cm³/mol. The second-order valence-corrected chi connectivity index (χ2v) is 4.48. The number of hydrogen-bond acceptors (Lipinski definition) is 4. The summed E-state index contributed by atoms with van der Waals surface area (Å²) in [4.78, 5) is 23.1. The summed E-state index contributed by atoms with van der Waals surface area (Å²) in [6, 6.07) is 15.0. The number of Topliss-reactive ketones (excluding diaryl/α,β-unsaturated/α-hetero) is 2. The van der Waals surface area contributed by atoms with Gasteiger partial charge in [-0.1, -0.05) is 0 Å². The highest BCUT2D eigenvalue weighted by atomic mass is 16.5. The third kappa shape index (κ3) is 3.77. The Morgan fingerprint density at radius 3 is 2.10 bits per heavy atom. The van der Waals surface area contributed by atoms with Crippen molar-refractivity contribution in [1.82, 2.24) is 0 Å². The molecule has 21 heavy (non-hydrogen) atoms. The van der Waals surface area contributed by atoms with Gasteiger partial charge in [-0.25, -0.2) is 0 Å². The van der Waals surface area contributed by atoms with Crippen molar-refractivity contribution in [3.8, 4) is 11.8 Å². The molecule has 0 unspecified atom stereocenters. The van der Waals surface area contributed by atoms with E-state index in [-0.39, 0.29) is 18.2 Å². The van der Waals surface area contributed by atoms with Crippen LogP contribution < -0.4 is 4.74 Å². The fourth-order valence-corrected chi connectivity index (χ4v) is 1.75. The molecule has 2 aromatic rings. The first-order chi connectivity index (χ1) is 10.1. The smallest absolute Gasteiger partial charge is 0.200 e. The van der Waals surface area contributed by atoms with E-state index in [1.54, 1.807) is 48.5 Å². The van der Waals surface area contributed by atoms with Gasteiger partial charge in [0.25, 0.3) is 0 Å². The maximum atomic E-state index is 11.9. The average molecular weight is 279 g/mol. The molecule has 0 heterocycles. The van der Waals surface area contributed by atoms with Crippen LogP contribution in [0.5, 0.6) is 5.75 Å². The number of ketones is 2. The van der Waals surface area contributed by atoms with Gasteiger partial charge in [0, 0.05) is 11.1 Å². The minimum Gasteiger partial charge on any atom is -0.485 e. The summed E-state index contributed by atoms with van der Waals surface area (Å²) in [5.41, 5.74) is 1.60. The Labute approximate surface area is 122 Å². The van der Waals surface area contributed by atoms with Crippen LogP contribution in [0, 0.1) is 11.3 Å². The van der Waals surface area contributed by atoms with E-state index in [0.717, 1.165) is 0 Å². The van der Waals surface area contributed by atoms with Gasteiger partial charge < -0.3 is 4.74 Å². The molecule has 0 saturated heterocycles. The second kappa shape index (κ2) is 6.49. The molecule has 0 fully saturated rings. The van der Waals surface area contributed by atoms with Crippen molar-refractivity contribution in [2.24, 2.45) is 0 Å². The number of hydrogen-bond donors (Lipinski definition) is 0. The van der Waals surface area contributed by atoms with Gasteiger partial charge in [0.15, 0.2) is 18.2 Å². The van der Waals surface area contributed by atoms with Crippen molar-refractivity contribution in [2.45, 2.75) is 6.92 Å². The first-order valence-electron chi connectivity index (χ1n) is 6.37. The summed E-state index contributed by atoms with van der Waals surface area (Å²) in [6.07, 6.45) is 0. The van der Waals surface area contributed by atoms with Gasteiger partial charge >= 0.3 is 0 Å². The van der Waals surface area contributed by atoms with Gasteiger partial charge in [-0.05, 0) is 55.5 Å². The minimum absolute atomic E-state index is 0.0183. The molecule has 0 aromatic heterocycles. The summed E-state index contributed by atoms with van der Waals surface area (Å²) >= 11 is 0. The van der Waals surface area contributed by atoms with Crippen molar-refractivity contribution in [3.05, 3.63) is 65.2 Å². The van der Waals surface area contributed by atoms with Crippen LogP contribution in [-0.2, 0) is 0 Å². The molecule has 0 spiro atoms. The lowest BCUT2D eigenvalue weighted by Gasteiger charge is -2.06. The minimum atomic E-state index is -0.171. The molecule has 0 aliphatic rings. The number of rotatable bonds is 5. The topological polar surface area (TPSA) is 67.2 Å². The SMILES string of the molecule is CC(=O)c1ccc(OCC(=O)c2ccc(C#N)cc2)cc1. The molecule has 104 valence electrons. The standard InChI is InChI=1S/C17H13NO3/c1-12(19)14-6-8-16(9-7-14)21-11-17(20)15-4-2-13(10-18)3-5-15/h2-9H,11H2,1H3. The molecule has 0 amide bonds. The van der Waals surface area contributed by atoms with Crippen LogP contribution in [0.25, 0.3) is 0 Å². The van der Waals surface area contributed by atoms with Crippen LogP contribution in [0.4, 0.5) is 0 Å². The summed E-state index contributed by atoms with van der Waals surface area (Å²) in [6.45, 7) is 1.40. The molecule has 0 bridgehead atoms. The van der Waals surface area contributed by atoms with Gasteiger partial charge in [-0.15, -0.1) is 0 Å². The van der Waals surface area contributed by atoms with Crippen LogP contribution >= 0.6 is 0 Å². The monoisotopic (exact) mass is 279 g/mol. The molecule has 0 radical (unpaired) electrons. The zero-order chi connectivity index (χ0) is 15.2. The summed E-state index contributed by atoms with van der Waals surface area (Å²) in [7, 11) is 0. The molecular weight excluding hydrogens is 266 g/mol. The van der Waals surface area contributed by atoms with Crippen molar-refractivity contribution in [1.29, 1.82) is 5.26 Å². The Morgan fingerprint density at radius 2 is 1.57 bits per heavy atom. The highest BCUT2D eigenvalue weighted by Gasteiger charge is 2.07. The average Bonchev–Trinajstić information content (AvgIpc) is 2.53. The summed E-state index contributed by atoms with van der Waals surface area (Å²) in [5.74, 6) is 0.340. The van der Waals surface area contributed by atoms with Gasteiger partial charge in [0.1, 0.15) is 5.75 Å². The van der Waals surface area contributed by atoms with Gasteiger partial charge in [-0.2, -0.15) is 5.26 Å². The molecule has 0 N–H and O–H groups in total. The van der Waals surface area contributed by atoms with Crippen molar-refractivity contribution >= 4 is 11.6 Å². The zero-order valence-electron chi connectivity index (χ0n) is 11.5. The van der Waals surface area contributed by atoms with Gasteiger partial charge in [0.05, 0.1) is 11.6 Å². The third-order valence-electron chi connectivity index (χ3n) is 2.97. The number of carbonyl (C=O) groups is 2. The lowest BCUT2D eigenvalue weighted by atomic mass is 10.1. The number of nitriles is 1. The Kier molecular flexibility index (Phi) is 4.47. The largest absolute Gasteiger partial charge is 0.485 e. The highest BCUT2D eigenvalue weighted by Crippen LogP contribution is 2.13. The van der Waals surface area contributed by atoms with Gasteiger partial charge in [-0.3, -0.25) is 9.59 Å². The molecule has 0 saturated carbocycles. The predicted octanol–water partition coefficient (Wildman–Crippen LogP) is 3.02. The fourth-order valence-electron chi connectivity index (χ4n) is 1.75. The molecular formula is C17H13NO3. The maximum Gasteiger partial charge on any atom is 0.200 e. The normalized spacial score (nSPS) is 9.71. The van der Waals surface area contributed by atoms with E-state index in [2.05, 4.69) is 0 Å². The van der Waals surface area contributed by atoms with Crippen LogP contribution in [0.3, 0.4) is 0 Å². The number of carbonyl (C=O) groups excluding carboxylic acids is 2. The van der Waals surface area contributed by atoms with E-state index in [4.69, 9.17) is 10.00 Å². The Bertz CT molecular complexity index is 694. The van der Waals surface area contributed by atoms with E-state index in [1.807, 2.05) is 6.07 Å². The number of benzene rings is 2. The number of ether oxygens (including phenoxy) is 1. The van der Waals surface area contributed by atoms with Crippen LogP contribution in [0.15, 0.2) is 48.5 Å². The lowest BCUT2D eigenvalue weighted by molar-refractivity contribution is 0.0920. The first-order valence-corrected chi connectivity index (χ1v) is 6.37. The van der Waals surface area contributed by atoms with E-state index in [9.17, 15) is 9.59 Å². The molecule has 4 heteroatoms. The van der Waals surface area contributed by atoms with E-state index >= 15 is 0 Å². The van der Waals surface area contributed by atoms with Crippen molar-refractivity contribution in [3.63, 3.8) is 0 Å². The fraction of sp³-hybridized carbons (Fsp3) is 0.118. The van der Waals surface area contributed by atoms with Crippen molar-refractivity contribution < 1.29 is 14.3 Å². The third-order valence-corrected chi connectivity index (χ3v) is 2.97. The quantitative estimate of drug-likeness (QED) is 0.789. The van der Waals surface area contributed by atoms with E-state index in [1.165, 1.54) is 6.92 Å². The molecule has 2 rings (SSSR count). The summed E-state index contributed by atoms with van der Waals surface area (Å²) in [5, 5.41) is 8.70. The highest BCUT2D eigenvalue weighted by molar-refractivity contribution is 5.97. The second-order valence-electron chi connectivity index (χ2n) is 4.48. The van der Waals surface area contributed by atoms with Crippen LogP contribution in [0.1, 0.15) is 33.2 Å². The van der Waals surface area contributed by atoms with Crippen molar-refractivity contribution in [2.75, 3.05) is 6.61 Å². The maximum absolute atomic E-state index is 11.9. The summed E-state index contributed by atoms with van der Waals surface area (Å²) < 4.78 is 5.39. The molecule has 2 aromatic carbocycles. The molecule has 0 atom stereocenters. The zero-order valence-corrected chi connectivity index (χ0v) is 11.5. The molecule has 0 aliphatic carbocycles. The Hall–Kier alpha value is -2.93. The lowest BCUT2D eigenvalue weighted by Crippen LogP contribution is -2.11. The van der Waals surface area contributed by atoms with E-state index < -0.39 is 0 Å². The molecule has 0 aliphatic heterocycles. The Morgan fingerprint density at radius 1 is 1.00 bits per heavy atom. The van der Waals surface area contributed by atoms with E-state index in [0.29, 0.717) is 22.4 Å². The molecule has 4 nitrogen and oxygen atoms in total.